The molecule has 0 radical (unpaired) electrons. The molecule has 0 aliphatic heterocycles. The molecule has 1 aromatic carbocycles. The third-order valence-electron chi connectivity index (χ3n) is 2.15. The lowest BCUT2D eigenvalue weighted by Crippen LogP contribution is -2.36. The second kappa shape index (κ2) is 5.29. The fourth-order valence-corrected chi connectivity index (χ4v) is 1.69. The van der Waals surface area contributed by atoms with Gasteiger partial charge < -0.3 is 20.7 Å². The molecule has 0 aliphatic carbocycles. The van der Waals surface area contributed by atoms with Crippen molar-refractivity contribution in [2.45, 2.75) is 12.1 Å². The van der Waals surface area contributed by atoms with E-state index in [1.165, 1.54) is 13.2 Å². The van der Waals surface area contributed by atoms with Crippen LogP contribution in [0.5, 0.6) is 5.75 Å². The Kier molecular flexibility index (Phi) is 4.28. The summed E-state index contributed by atoms with van der Waals surface area (Å²) < 4.78 is 5.56. The van der Waals surface area contributed by atoms with Crippen LogP contribution in [0.1, 0.15) is 11.7 Å². The number of aliphatic hydroxyl groups excluding tert-OH is 1. The molecule has 0 heterocycles. The summed E-state index contributed by atoms with van der Waals surface area (Å²) in [5, 5.41) is 18.5. The van der Waals surface area contributed by atoms with Gasteiger partial charge in [-0.3, -0.25) is 4.79 Å². The van der Waals surface area contributed by atoms with E-state index in [2.05, 4.69) is 15.9 Å². The zero-order chi connectivity index (χ0) is 12.3. The van der Waals surface area contributed by atoms with E-state index < -0.39 is 18.1 Å². The number of methoxy groups -OCH3 is 1. The Balaban J connectivity index is 3.06. The number of carboxylic acids is 1. The highest BCUT2D eigenvalue weighted by Gasteiger charge is 2.25. The zero-order valence-corrected chi connectivity index (χ0v) is 10.1. The second-order valence-electron chi connectivity index (χ2n) is 3.20. The van der Waals surface area contributed by atoms with Crippen LogP contribution in [0, 0.1) is 0 Å². The number of aliphatic carboxylic acids is 1. The molecule has 0 amide bonds. The van der Waals surface area contributed by atoms with Gasteiger partial charge in [0.2, 0.25) is 0 Å². The van der Waals surface area contributed by atoms with Crippen molar-refractivity contribution >= 4 is 21.9 Å². The van der Waals surface area contributed by atoms with Crippen LogP contribution in [0.25, 0.3) is 0 Å². The lowest BCUT2D eigenvalue weighted by molar-refractivity contribution is -0.141. The van der Waals surface area contributed by atoms with Crippen molar-refractivity contribution in [3.63, 3.8) is 0 Å². The molecule has 0 aromatic heterocycles. The van der Waals surface area contributed by atoms with Gasteiger partial charge >= 0.3 is 5.97 Å². The largest absolute Gasteiger partial charge is 0.497 e. The molecule has 0 fully saturated rings. The van der Waals surface area contributed by atoms with Gasteiger partial charge in [0.05, 0.1) is 7.11 Å². The smallest absolute Gasteiger partial charge is 0.323 e. The van der Waals surface area contributed by atoms with E-state index in [-0.39, 0.29) is 0 Å². The Labute approximate surface area is 101 Å². The molecule has 2 unspecified atom stereocenters. The Bertz CT molecular complexity index is 396. The van der Waals surface area contributed by atoms with E-state index in [0.29, 0.717) is 15.8 Å². The topological polar surface area (TPSA) is 92.8 Å². The first-order chi connectivity index (χ1) is 7.47. The van der Waals surface area contributed by atoms with Gasteiger partial charge in [-0.15, -0.1) is 0 Å². The van der Waals surface area contributed by atoms with Gasteiger partial charge in [-0.1, -0.05) is 15.9 Å². The van der Waals surface area contributed by atoms with Gasteiger partial charge in [-0.25, -0.2) is 0 Å². The predicted molar refractivity (Wildman–Crippen MR) is 61.3 cm³/mol. The Morgan fingerprint density at radius 1 is 1.56 bits per heavy atom. The molecule has 0 saturated heterocycles. The van der Waals surface area contributed by atoms with E-state index in [1.807, 2.05) is 0 Å². The Morgan fingerprint density at radius 3 is 2.69 bits per heavy atom. The molecule has 2 atom stereocenters. The van der Waals surface area contributed by atoms with Gasteiger partial charge in [0.25, 0.3) is 0 Å². The maximum atomic E-state index is 10.6. The maximum absolute atomic E-state index is 10.6. The van der Waals surface area contributed by atoms with Gasteiger partial charge in [0.15, 0.2) is 0 Å². The number of carbonyl (C=O) groups is 1. The minimum atomic E-state index is -1.37. The normalized spacial score (nSPS) is 14.2. The summed E-state index contributed by atoms with van der Waals surface area (Å²) in [5.41, 5.74) is 5.72. The summed E-state index contributed by atoms with van der Waals surface area (Å²) in [7, 11) is 1.48. The van der Waals surface area contributed by atoms with Gasteiger partial charge in [-0.2, -0.15) is 0 Å². The van der Waals surface area contributed by atoms with Crippen LogP contribution in [0.3, 0.4) is 0 Å². The van der Waals surface area contributed by atoms with E-state index >= 15 is 0 Å². The van der Waals surface area contributed by atoms with Crippen LogP contribution in [0.4, 0.5) is 0 Å². The molecule has 0 saturated carbocycles. The average Bonchev–Trinajstić information content (AvgIpc) is 2.27. The van der Waals surface area contributed by atoms with Crippen molar-refractivity contribution < 1.29 is 19.7 Å². The summed E-state index contributed by atoms with van der Waals surface area (Å²) in [6.45, 7) is 0. The van der Waals surface area contributed by atoms with Crippen molar-refractivity contribution in [1.29, 1.82) is 0 Å². The highest BCUT2D eigenvalue weighted by molar-refractivity contribution is 9.10. The number of ether oxygens (including phenoxy) is 1. The van der Waals surface area contributed by atoms with Crippen LogP contribution in [-0.4, -0.2) is 29.3 Å². The Morgan fingerprint density at radius 2 is 2.19 bits per heavy atom. The molecule has 1 rings (SSSR count). The summed E-state index contributed by atoms with van der Waals surface area (Å²) >= 11 is 3.21. The number of carboxylic acid groups (broad SMARTS) is 1. The lowest BCUT2D eigenvalue weighted by Gasteiger charge is -2.17. The van der Waals surface area contributed by atoms with Gasteiger partial charge in [-0.05, 0) is 18.2 Å². The van der Waals surface area contributed by atoms with Crippen molar-refractivity contribution in [3.8, 4) is 5.75 Å². The molecule has 0 bridgehead atoms. The summed E-state index contributed by atoms with van der Waals surface area (Å²) in [4.78, 5) is 10.6. The highest BCUT2D eigenvalue weighted by Crippen LogP contribution is 2.29. The number of benzene rings is 1. The predicted octanol–water partition coefficient (Wildman–Crippen LogP) is 0.903. The standard InChI is InChI=1S/C10H12BrNO4/c1-16-5-2-3-7(11)6(4-5)9(13)8(12)10(14)15/h2-4,8-9,13H,12H2,1H3,(H,14,15). The van der Waals surface area contributed by atoms with Gasteiger partial charge in [0.1, 0.15) is 17.9 Å². The van der Waals surface area contributed by atoms with Crippen LogP contribution < -0.4 is 10.5 Å². The van der Waals surface area contributed by atoms with Crippen LogP contribution >= 0.6 is 15.9 Å². The van der Waals surface area contributed by atoms with E-state index in [1.54, 1.807) is 12.1 Å². The number of rotatable bonds is 4. The number of hydrogen-bond acceptors (Lipinski definition) is 4. The first-order valence-corrected chi connectivity index (χ1v) is 5.26. The number of hydrogen-bond donors (Lipinski definition) is 3. The summed E-state index contributed by atoms with van der Waals surface area (Å²) in [6.07, 6.45) is -1.29. The van der Waals surface area contributed by atoms with E-state index in [0.717, 1.165) is 0 Å². The fraction of sp³-hybridized carbons (Fsp3) is 0.300. The second-order valence-corrected chi connectivity index (χ2v) is 4.05. The lowest BCUT2D eigenvalue weighted by atomic mass is 10.0. The summed E-state index contributed by atoms with van der Waals surface area (Å²) in [6, 6.07) is 3.51. The minimum Gasteiger partial charge on any atom is -0.497 e. The van der Waals surface area contributed by atoms with Crippen LogP contribution in [0.15, 0.2) is 22.7 Å². The molecule has 0 spiro atoms. The zero-order valence-electron chi connectivity index (χ0n) is 8.55. The molecule has 0 aliphatic rings. The molecule has 4 N–H and O–H groups in total. The summed E-state index contributed by atoms with van der Waals surface area (Å²) in [5.74, 6) is -0.739. The van der Waals surface area contributed by atoms with Crippen molar-refractivity contribution in [3.05, 3.63) is 28.2 Å². The minimum absolute atomic E-state index is 0.384. The average molecular weight is 290 g/mol. The number of aliphatic hydroxyl groups is 1. The fourth-order valence-electron chi connectivity index (χ4n) is 1.20. The van der Waals surface area contributed by atoms with E-state index in [9.17, 15) is 9.90 Å². The monoisotopic (exact) mass is 289 g/mol. The molecule has 88 valence electrons. The molecule has 16 heavy (non-hydrogen) atoms. The van der Waals surface area contributed by atoms with Gasteiger partial charge in [0, 0.05) is 10.0 Å². The molecular weight excluding hydrogens is 278 g/mol. The first kappa shape index (κ1) is 13.0. The maximum Gasteiger partial charge on any atom is 0.323 e. The molecule has 6 heteroatoms. The van der Waals surface area contributed by atoms with Crippen LogP contribution in [-0.2, 0) is 4.79 Å². The third kappa shape index (κ3) is 2.72. The first-order valence-electron chi connectivity index (χ1n) is 4.47. The van der Waals surface area contributed by atoms with E-state index in [4.69, 9.17) is 15.6 Å². The SMILES string of the molecule is COc1ccc(Br)c(C(O)C(N)C(=O)O)c1. The quantitative estimate of drug-likeness (QED) is 0.766. The van der Waals surface area contributed by atoms with Crippen molar-refractivity contribution in [2.24, 2.45) is 5.73 Å². The van der Waals surface area contributed by atoms with Crippen LogP contribution in [0.2, 0.25) is 0 Å². The highest BCUT2D eigenvalue weighted by atomic mass is 79.9. The molecule has 5 nitrogen and oxygen atoms in total. The Hall–Kier alpha value is -1.11. The number of nitrogens with two attached hydrogens (primary N) is 1. The third-order valence-corrected chi connectivity index (χ3v) is 2.87. The molecular formula is C10H12BrNO4. The molecule has 1 aromatic rings. The van der Waals surface area contributed by atoms with Crippen molar-refractivity contribution in [2.75, 3.05) is 7.11 Å². The van der Waals surface area contributed by atoms with Crippen molar-refractivity contribution in [1.82, 2.24) is 0 Å². The number of halogens is 1.